The molecule has 1 aromatic carbocycles. The first-order valence-electron chi connectivity index (χ1n) is 5.02. The third-order valence-corrected chi connectivity index (χ3v) is 2.35. The summed E-state index contributed by atoms with van der Waals surface area (Å²) in [6.07, 6.45) is -1.17. The van der Waals surface area contributed by atoms with Gasteiger partial charge >= 0.3 is 0 Å². The van der Waals surface area contributed by atoms with E-state index >= 15 is 0 Å². The molecule has 0 saturated heterocycles. The molecule has 0 fully saturated rings. The van der Waals surface area contributed by atoms with Crippen molar-refractivity contribution >= 4 is 5.78 Å². The molecule has 0 saturated carbocycles. The molecule has 0 spiro atoms. The van der Waals surface area contributed by atoms with Crippen molar-refractivity contribution in [3.05, 3.63) is 35.9 Å². The van der Waals surface area contributed by atoms with Crippen LogP contribution >= 0.6 is 0 Å². The molecule has 0 bridgehead atoms. The summed E-state index contributed by atoms with van der Waals surface area (Å²) >= 11 is 0. The summed E-state index contributed by atoms with van der Waals surface area (Å²) < 4.78 is 0. The van der Waals surface area contributed by atoms with E-state index < -0.39 is 18.0 Å². The number of carbonyl (C=O) groups excluding carboxylic acids is 1. The van der Waals surface area contributed by atoms with Crippen molar-refractivity contribution in [2.45, 2.75) is 32.0 Å². The number of aliphatic hydroxyl groups is 2. The quantitative estimate of drug-likeness (QED) is 0.756. The Morgan fingerprint density at radius 2 is 1.87 bits per heavy atom. The zero-order valence-electron chi connectivity index (χ0n) is 8.76. The van der Waals surface area contributed by atoms with Crippen LogP contribution in [-0.2, 0) is 11.2 Å². The van der Waals surface area contributed by atoms with Crippen LogP contribution in [0.3, 0.4) is 0 Å². The maximum atomic E-state index is 10.8. The Hall–Kier alpha value is -1.19. The fraction of sp³-hybridized carbons (Fsp3) is 0.417. The number of ketones is 1. The number of rotatable bonds is 5. The van der Waals surface area contributed by atoms with E-state index in [0.29, 0.717) is 12.8 Å². The summed E-state index contributed by atoms with van der Waals surface area (Å²) in [4.78, 5) is 10.8. The molecule has 0 aromatic heterocycles. The Labute approximate surface area is 89.4 Å². The van der Waals surface area contributed by atoms with E-state index in [2.05, 4.69) is 0 Å². The van der Waals surface area contributed by atoms with Crippen LogP contribution in [0, 0.1) is 0 Å². The first kappa shape index (κ1) is 11.9. The van der Waals surface area contributed by atoms with Gasteiger partial charge in [-0.2, -0.15) is 0 Å². The van der Waals surface area contributed by atoms with Crippen LogP contribution in [0.5, 0.6) is 0 Å². The Morgan fingerprint density at radius 1 is 1.27 bits per heavy atom. The van der Waals surface area contributed by atoms with E-state index in [1.165, 1.54) is 6.92 Å². The fourth-order valence-electron chi connectivity index (χ4n) is 1.39. The fourth-order valence-corrected chi connectivity index (χ4v) is 1.39. The molecule has 1 rings (SSSR count). The number of Topliss-reactive ketones (excluding diaryl/α,β-unsaturated/α-hetero) is 1. The van der Waals surface area contributed by atoms with Gasteiger partial charge in [0.15, 0.2) is 5.78 Å². The van der Waals surface area contributed by atoms with Crippen molar-refractivity contribution in [2.75, 3.05) is 0 Å². The predicted molar refractivity (Wildman–Crippen MR) is 57.5 cm³/mol. The van der Waals surface area contributed by atoms with Crippen molar-refractivity contribution in [3.63, 3.8) is 0 Å². The molecule has 3 heteroatoms. The number of carbonyl (C=O) groups is 1. The van der Waals surface area contributed by atoms with Gasteiger partial charge in [-0.15, -0.1) is 0 Å². The van der Waals surface area contributed by atoms with Crippen molar-refractivity contribution in [1.29, 1.82) is 0 Å². The average Bonchev–Trinajstić information content (AvgIpc) is 2.26. The lowest BCUT2D eigenvalue weighted by atomic mass is 10.0. The number of hydrogen-bond donors (Lipinski definition) is 2. The van der Waals surface area contributed by atoms with E-state index in [-0.39, 0.29) is 0 Å². The maximum absolute atomic E-state index is 10.8. The number of hydrogen-bond acceptors (Lipinski definition) is 3. The highest BCUT2D eigenvalue weighted by Crippen LogP contribution is 2.07. The van der Waals surface area contributed by atoms with Crippen LogP contribution in [0.4, 0.5) is 0 Å². The summed E-state index contributed by atoms with van der Waals surface area (Å²) in [5.41, 5.74) is 1.09. The van der Waals surface area contributed by atoms with Gasteiger partial charge in [0, 0.05) is 0 Å². The zero-order valence-corrected chi connectivity index (χ0v) is 8.76. The molecular weight excluding hydrogens is 192 g/mol. The van der Waals surface area contributed by atoms with Crippen LogP contribution in [0.25, 0.3) is 0 Å². The third kappa shape index (κ3) is 3.81. The summed E-state index contributed by atoms with van der Waals surface area (Å²) in [6, 6.07) is 9.66. The minimum atomic E-state index is -1.26. The molecule has 0 aliphatic heterocycles. The molecule has 2 N–H and O–H groups in total. The molecule has 0 amide bonds. The summed E-state index contributed by atoms with van der Waals surface area (Å²) in [7, 11) is 0. The van der Waals surface area contributed by atoms with Crippen molar-refractivity contribution in [3.8, 4) is 0 Å². The number of aliphatic hydroxyl groups excluding tert-OH is 2. The van der Waals surface area contributed by atoms with Gasteiger partial charge in [-0.1, -0.05) is 30.3 Å². The molecule has 0 radical (unpaired) electrons. The predicted octanol–water partition coefficient (Wildman–Crippen LogP) is 0.930. The lowest BCUT2D eigenvalue weighted by Crippen LogP contribution is -2.32. The SMILES string of the molecule is CC(=O)[C@H](O)[C@H](O)CCc1ccccc1. The molecule has 0 heterocycles. The molecule has 0 aliphatic rings. The topological polar surface area (TPSA) is 57.5 Å². The Morgan fingerprint density at radius 3 is 2.40 bits per heavy atom. The van der Waals surface area contributed by atoms with E-state index in [1.54, 1.807) is 0 Å². The molecule has 2 atom stereocenters. The Balaban J connectivity index is 2.41. The highest BCUT2D eigenvalue weighted by atomic mass is 16.3. The van der Waals surface area contributed by atoms with Gasteiger partial charge in [-0.05, 0) is 25.3 Å². The molecular formula is C12H16O3. The maximum Gasteiger partial charge on any atom is 0.160 e. The first-order chi connectivity index (χ1) is 7.11. The summed E-state index contributed by atoms with van der Waals surface area (Å²) in [6.45, 7) is 1.27. The second kappa shape index (κ2) is 5.63. The molecule has 82 valence electrons. The largest absolute Gasteiger partial charge is 0.390 e. The van der Waals surface area contributed by atoms with Crippen LogP contribution in [-0.4, -0.2) is 28.2 Å². The van der Waals surface area contributed by atoms with E-state index in [1.807, 2.05) is 30.3 Å². The second-order valence-corrected chi connectivity index (χ2v) is 3.65. The zero-order chi connectivity index (χ0) is 11.3. The Kier molecular flexibility index (Phi) is 4.46. The van der Waals surface area contributed by atoms with Crippen molar-refractivity contribution in [1.82, 2.24) is 0 Å². The lowest BCUT2D eigenvalue weighted by Gasteiger charge is -2.14. The van der Waals surface area contributed by atoms with E-state index in [9.17, 15) is 15.0 Å². The van der Waals surface area contributed by atoms with Gasteiger partial charge in [0.25, 0.3) is 0 Å². The average molecular weight is 208 g/mol. The highest BCUT2D eigenvalue weighted by Gasteiger charge is 2.19. The third-order valence-electron chi connectivity index (χ3n) is 2.35. The van der Waals surface area contributed by atoms with Gasteiger partial charge < -0.3 is 10.2 Å². The Bertz CT molecular complexity index is 308. The van der Waals surface area contributed by atoms with Crippen LogP contribution < -0.4 is 0 Å². The van der Waals surface area contributed by atoms with Gasteiger partial charge in [0.1, 0.15) is 6.10 Å². The van der Waals surface area contributed by atoms with Crippen molar-refractivity contribution < 1.29 is 15.0 Å². The molecule has 3 nitrogen and oxygen atoms in total. The molecule has 0 unspecified atom stereocenters. The first-order valence-corrected chi connectivity index (χ1v) is 5.02. The van der Waals surface area contributed by atoms with Gasteiger partial charge in [-0.3, -0.25) is 4.79 Å². The van der Waals surface area contributed by atoms with E-state index in [4.69, 9.17) is 0 Å². The van der Waals surface area contributed by atoms with Gasteiger partial charge in [0.05, 0.1) is 6.10 Å². The van der Waals surface area contributed by atoms with E-state index in [0.717, 1.165) is 5.56 Å². The lowest BCUT2D eigenvalue weighted by molar-refractivity contribution is -0.130. The van der Waals surface area contributed by atoms with Gasteiger partial charge in [-0.25, -0.2) is 0 Å². The molecule has 1 aromatic rings. The minimum Gasteiger partial charge on any atom is -0.390 e. The highest BCUT2D eigenvalue weighted by molar-refractivity contribution is 5.80. The number of benzene rings is 1. The molecule has 0 aliphatic carbocycles. The number of aryl methyl sites for hydroxylation is 1. The van der Waals surface area contributed by atoms with Crippen LogP contribution in [0.15, 0.2) is 30.3 Å². The standard InChI is InChI=1S/C12H16O3/c1-9(13)12(15)11(14)8-7-10-5-3-2-4-6-10/h2-6,11-12,14-15H,7-8H2,1H3/t11-,12+/m1/s1. The smallest absolute Gasteiger partial charge is 0.160 e. The summed E-state index contributed by atoms with van der Waals surface area (Å²) in [5.74, 6) is -0.393. The monoisotopic (exact) mass is 208 g/mol. The van der Waals surface area contributed by atoms with Crippen LogP contribution in [0.1, 0.15) is 18.9 Å². The summed E-state index contributed by atoms with van der Waals surface area (Å²) in [5, 5.41) is 18.8. The molecule has 15 heavy (non-hydrogen) atoms. The van der Waals surface area contributed by atoms with Crippen molar-refractivity contribution in [2.24, 2.45) is 0 Å². The van der Waals surface area contributed by atoms with Gasteiger partial charge in [0.2, 0.25) is 0 Å². The minimum absolute atomic E-state index is 0.393. The normalized spacial score (nSPS) is 14.6. The van der Waals surface area contributed by atoms with Crippen LogP contribution in [0.2, 0.25) is 0 Å². The second-order valence-electron chi connectivity index (χ2n) is 3.65.